The lowest BCUT2D eigenvalue weighted by Crippen LogP contribution is -2.57. The Kier molecular flexibility index (Phi) is 4.14. The highest BCUT2D eigenvalue weighted by Crippen LogP contribution is 2.28. The molecule has 7 heteroatoms. The Bertz CT molecular complexity index is 458. The van der Waals surface area contributed by atoms with Crippen LogP contribution in [0.3, 0.4) is 0 Å². The van der Waals surface area contributed by atoms with Crippen molar-refractivity contribution >= 4 is 23.6 Å². The van der Waals surface area contributed by atoms with Gasteiger partial charge in [0.2, 0.25) is 11.8 Å². The van der Waals surface area contributed by atoms with Gasteiger partial charge in [0.15, 0.2) is 0 Å². The highest BCUT2D eigenvalue weighted by Gasteiger charge is 2.37. The van der Waals surface area contributed by atoms with Gasteiger partial charge in [-0.05, 0) is 13.8 Å². The van der Waals surface area contributed by atoms with Gasteiger partial charge in [-0.3, -0.25) is 9.59 Å². The van der Waals surface area contributed by atoms with Crippen LogP contribution in [-0.4, -0.2) is 44.9 Å². The first kappa shape index (κ1) is 13.9. The maximum atomic E-state index is 11.9. The second-order valence-corrected chi connectivity index (χ2v) is 6.61. The van der Waals surface area contributed by atoms with E-state index in [1.807, 2.05) is 13.8 Å². The molecule has 0 aromatic carbocycles. The van der Waals surface area contributed by atoms with Crippen LogP contribution in [-0.2, 0) is 16.0 Å². The number of amides is 2. The maximum absolute atomic E-state index is 11.9. The third-order valence-corrected chi connectivity index (χ3v) is 4.43. The molecule has 104 valence electrons. The summed E-state index contributed by atoms with van der Waals surface area (Å²) in [7, 11) is 0. The number of nitrogens with one attached hydrogen (secondary N) is 3. The zero-order chi connectivity index (χ0) is 13.9. The van der Waals surface area contributed by atoms with Crippen LogP contribution in [0.5, 0.6) is 0 Å². The molecular formula is C12H18N4O2S. The van der Waals surface area contributed by atoms with E-state index < -0.39 is 10.8 Å². The third-order valence-electron chi connectivity index (χ3n) is 3.03. The number of imidazole rings is 1. The van der Waals surface area contributed by atoms with Gasteiger partial charge in [0.05, 0.1) is 11.1 Å². The monoisotopic (exact) mass is 282 g/mol. The molecule has 1 aromatic heterocycles. The number of aromatic nitrogens is 2. The van der Waals surface area contributed by atoms with Crippen molar-refractivity contribution in [1.82, 2.24) is 20.6 Å². The molecule has 0 saturated carbocycles. The summed E-state index contributed by atoms with van der Waals surface area (Å²) in [5.74, 6) is 0.391. The smallest absolute Gasteiger partial charge is 0.243 e. The van der Waals surface area contributed by atoms with Gasteiger partial charge in [0, 0.05) is 30.6 Å². The molecule has 1 saturated heterocycles. The molecule has 0 spiro atoms. The van der Waals surface area contributed by atoms with Crippen LogP contribution in [0.15, 0.2) is 12.5 Å². The minimum absolute atomic E-state index is 0.0857. The highest BCUT2D eigenvalue weighted by atomic mass is 32.2. The molecule has 1 aliphatic rings. The van der Waals surface area contributed by atoms with Crippen LogP contribution in [0.4, 0.5) is 0 Å². The SMILES string of the molecule is CC1(C)SCC(C(=O)NCCc2cnc[nH]2)NC1=O. The number of hydrogen-bond donors (Lipinski definition) is 3. The van der Waals surface area contributed by atoms with Crippen molar-refractivity contribution in [3.05, 3.63) is 18.2 Å². The summed E-state index contributed by atoms with van der Waals surface area (Å²) >= 11 is 1.51. The van der Waals surface area contributed by atoms with Crippen molar-refractivity contribution in [2.24, 2.45) is 0 Å². The normalized spacial score (nSPS) is 21.8. The molecule has 1 atom stereocenters. The fourth-order valence-electron chi connectivity index (χ4n) is 1.74. The third kappa shape index (κ3) is 3.50. The Balaban J connectivity index is 1.76. The molecule has 2 rings (SSSR count). The highest BCUT2D eigenvalue weighted by molar-refractivity contribution is 8.01. The average molecular weight is 282 g/mol. The quantitative estimate of drug-likeness (QED) is 0.730. The van der Waals surface area contributed by atoms with Gasteiger partial charge in [-0.1, -0.05) is 0 Å². The van der Waals surface area contributed by atoms with Crippen LogP contribution in [0, 0.1) is 0 Å². The number of hydrogen-bond acceptors (Lipinski definition) is 4. The average Bonchev–Trinajstić information content (AvgIpc) is 2.85. The van der Waals surface area contributed by atoms with Gasteiger partial charge in [0.1, 0.15) is 6.04 Å². The Labute approximate surface area is 116 Å². The number of carbonyl (C=O) groups excluding carboxylic acids is 2. The number of H-pyrrole nitrogens is 1. The van der Waals surface area contributed by atoms with Crippen molar-refractivity contribution in [3.63, 3.8) is 0 Å². The minimum Gasteiger partial charge on any atom is -0.354 e. The molecule has 0 aliphatic carbocycles. The van der Waals surface area contributed by atoms with E-state index in [1.165, 1.54) is 11.8 Å². The molecule has 3 N–H and O–H groups in total. The first-order valence-electron chi connectivity index (χ1n) is 6.19. The van der Waals surface area contributed by atoms with Gasteiger partial charge in [-0.15, -0.1) is 11.8 Å². The van der Waals surface area contributed by atoms with Crippen molar-refractivity contribution in [3.8, 4) is 0 Å². The largest absolute Gasteiger partial charge is 0.354 e. The molecule has 2 heterocycles. The van der Waals surface area contributed by atoms with Gasteiger partial charge < -0.3 is 15.6 Å². The number of aromatic amines is 1. The number of nitrogens with zero attached hydrogens (tertiary/aromatic N) is 1. The summed E-state index contributed by atoms with van der Waals surface area (Å²) in [4.78, 5) is 30.6. The van der Waals surface area contributed by atoms with Crippen molar-refractivity contribution in [2.75, 3.05) is 12.3 Å². The predicted molar refractivity (Wildman–Crippen MR) is 73.8 cm³/mol. The van der Waals surface area contributed by atoms with Gasteiger partial charge in [-0.2, -0.15) is 0 Å². The fourth-order valence-corrected chi connectivity index (χ4v) is 2.75. The second kappa shape index (κ2) is 5.64. The fraction of sp³-hybridized carbons (Fsp3) is 0.583. The van der Waals surface area contributed by atoms with Gasteiger partial charge in [0.25, 0.3) is 0 Å². The number of carbonyl (C=O) groups is 2. The summed E-state index contributed by atoms with van der Waals surface area (Å²) in [6.07, 6.45) is 4.04. The topological polar surface area (TPSA) is 86.9 Å². The van der Waals surface area contributed by atoms with Crippen LogP contribution >= 0.6 is 11.8 Å². The van der Waals surface area contributed by atoms with Crippen molar-refractivity contribution in [1.29, 1.82) is 0 Å². The molecule has 0 radical (unpaired) electrons. The van der Waals surface area contributed by atoms with E-state index >= 15 is 0 Å². The molecule has 0 bridgehead atoms. The molecule has 1 unspecified atom stereocenters. The summed E-state index contributed by atoms with van der Waals surface area (Å²) in [5.41, 5.74) is 0.975. The first-order valence-corrected chi connectivity index (χ1v) is 7.17. The minimum atomic E-state index is -0.452. The molecule has 2 amide bonds. The molecule has 19 heavy (non-hydrogen) atoms. The molecule has 1 aromatic rings. The van der Waals surface area contributed by atoms with E-state index in [2.05, 4.69) is 20.6 Å². The summed E-state index contributed by atoms with van der Waals surface area (Å²) in [5, 5.41) is 5.58. The molecule has 1 fully saturated rings. The number of rotatable bonds is 4. The maximum Gasteiger partial charge on any atom is 0.243 e. The van der Waals surface area contributed by atoms with Gasteiger partial charge >= 0.3 is 0 Å². The zero-order valence-electron chi connectivity index (χ0n) is 11.0. The summed E-state index contributed by atoms with van der Waals surface area (Å²) in [6, 6.07) is -0.438. The van der Waals surface area contributed by atoms with Crippen molar-refractivity contribution < 1.29 is 9.59 Å². The summed E-state index contributed by atoms with van der Waals surface area (Å²) < 4.78 is -0.452. The van der Waals surface area contributed by atoms with Crippen LogP contribution < -0.4 is 10.6 Å². The Hall–Kier alpha value is -1.50. The molecule has 6 nitrogen and oxygen atoms in total. The lowest BCUT2D eigenvalue weighted by molar-refractivity contribution is -0.129. The second-order valence-electron chi connectivity index (χ2n) is 4.97. The van der Waals surface area contributed by atoms with E-state index in [0.717, 1.165) is 5.69 Å². The Morgan fingerprint density at radius 3 is 3.05 bits per heavy atom. The molecule has 1 aliphatic heterocycles. The lowest BCUT2D eigenvalue weighted by atomic mass is 10.1. The van der Waals surface area contributed by atoms with E-state index in [4.69, 9.17) is 0 Å². The van der Waals surface area contributed by atoms with E-state index in [1.54, 1.807) is 12.5 Å². The Morgan fingerprint density at radius 1 is 1.63 bits per heavy atom. The van der Waals surface area contributed by atoms with Gasteiger partial charge in [-0.25, -0.2) is 4.98 Å². The van der Waals surface area contributed by atoms with E-state index in [-0.39, 0.29) is 11.8 Å². The van der Waals surface area contributed by atoms with Crippen LogP contribution in [0.1, 0.15) is 19.5 Å². The van der Waals surface area contributed by atoms with E-state index in [9.17, 15) is 9.59 Å². The van der Waals surface area contributed by atoms with Crippen LogP contribution in [0.2, 0.25) is 0 Å². The summed E-state index contributed by atoms with van der Waals surface area (Å²) in [6.45, 7) is 4.25. The number of thioether (sulfide) groups is 1. The van der Waals surface area contributed by atoms with Crippen molar-refractivity contribution in [2.45, 2.75) is 31.1 Å². The zero-order valence-corrected chi connectivity index (χ0v) is 11.8. The standard InChI is InChI=1S/C12H18N4O2S/c1-12(2)11(18)16-9(6-19-12)10(17)14-4-3-8-5-13-7-15-8/h5,7,9H,3-4,6H2,1-2H3,(H,13,15)(H,14,17)(H,16,18). The molecular weight excluding hydrogens is 264 g/mol. The Morgan fingerprint density at radius 2 is 2.42 bits per heavy atom. The predicted octanol–water partition coefficient (Wildman–Crippen LogP) is 0.0786. The van der Waals surface area contributed by atoms with E-state index in [0.29, 0.717) is 18.7 Å². The van der Waals surface area contributed by atoms with Crippen LogP contribution in [0.25, 0.3) is 0 Å². The lowest BCUT2D eigenvalue weighted by Gasteiger charge is -2.32. The first-order chi connectivity index (χ1) is 8.99.